The van der Waals surface area contributed by atoms with Gasteiger partial charge in [-0.3, -0.25) is 0 Å². The van der Waals surface area contributed by atoms with Gasteiger partial charge in [0.1, 0.15) is 6.61 Å². The molecule has 0 bridgehead atoms. The largest absolute Gasteiger partial charge is 0.477 e. The van der Waals surface area contributed by atoms with Gasteiger partial charge in [0.05, 0.1) is 9.47 Å². The first-order valence-corrected chi connectivity index (χ1v) is 3.87. The minimum absolute atomic E-state index is 0.255. The monoisotopic (exact) mass is 180 g/mol. The minimum atomic E-state index is 0.255. The molecular weight excluding hydrogens is 171 g/mol. The summed E-state index contributed by atoms with van der Waals surface area (Å²) in [6.07, 6.45) is 5.05. The molecule has 62 valence electrons. The average Bonchev–Trinajstić information content (AvgIpc) is 2.15. The maximum absolute atomic E-state index is 5.20. The molecule has 0 aliphatic heterocycles. The molecule has 0 radical (unpaired) electrons. The zero-order chi connectivity index (χ0) is 8.81. The average molecular weight is 180 g/mol. The summed E-state index contributed by atoms with van der Waals surface area (Å²) >= 11 is 0. The van der Waals surface area contributed by atoms with E-state index in [1.54, 1.807) is 12.1 Å². The lowest BCUT2D eigenvalue weighted by molar-refractivity contribution is 0.359. The second-order valence-electron chi connectivity index (χ2n) is 2.06. The van der Waals surface area contributed by atoms with Crippen molar-refractivity contribution >= 4 is 9.47 Å². The van der Waals surface area contributed by atoms with Gasteiger partial charge in [0.2, 0.25) is 0 Å². The van der Waals surface area contributed by atoms with E-state index in [1.165, 1.54) is 0 Å². The highest BCUT2D eigenvalue weighted by Crippen LogP contribution is 2.27. The second-order valence-corrected chi connectivity index (χ2v) is 2.29. The number of hydrogen-bond donors (Lipinski definition) is 0. The van der Waals surface area contributed by atoms with E-state index in [0.29, 0.717) is 11.5 Å². The van der Waals surface area contributed by atoms with Crippen molar-refractivity contribution < 1.29 is 9.26 Å². The van der Waals surface area contributed by atoms with E-state index >= 15 is 0 Å². The Kier molecular flexibility index (Phi) is 3.44. The van der Waals surface area contributed by atoms with Crippen LogP contribution in [0, 0.1) is 12.3 Å². The van der Waals surface area contributed by atoms with Crippen LogP contribution in [-0.2, 0) is 0 Å². The smallest absolute Gasteiger partial charge is 0.164 e. The van der Waals surface area contributed by atoms with Crippen molar-refractivity contribution in [2.45, 2.75) is 0 Å². The van der Waals surface area contributed by atoms with E-state index in [0.717, 1.165) is 0 Å². The molecule has 0 spiro atoms. The van der Waals surface area contributed by atoms with E-state index in [4.69, 9.17) is 15.7 Å². The predicted octanol–water partition coefficient (Wildman–Crippen LogP) is 1.87. The second kappa shape index (κ2) is 4.64. The first-order chi connectivity index (χ1) is 5.88. The van der Waals surface area contributed by atoms with Crippen LogP contribution in [0.1, 0.15) is 0 Å². The molecule has 1 rings (SSSR count). The normalized spacial score (nSPS) is 8.67. The molecule has 2 nitrogen and oxygen atoms in total. The number of para-hydroxylation sites is 2. The maximum Gasteiger partial charge on any atom is 0.164 e. The lowest BCUT2D eigenvalue weighted by Crippen LogP contribution is -1.94. The van der Waals surface area contributed by atoms with Crippen molar-refractivity contribution in [3.8, 4) is 23.8 Å². The summed E-state index contributed by atoms with van der Waals surface area (Å²) in [6.45, 7) is 0.255. The maximum atomic E-state index is 5.20. The van der Waals surface area contributed by atoms with Crippen molar-refractivity contribution in [2.75, 3.05) is 6.61 Å². The molecule has 3 heteroatoms. The highest BCUT2D eigenvalue weighted by atomic mass is 31.0. The van der Waals surface area contributed by atoms with E-state index in [2.05, 4.69) is 15.4 Å². The molecule has 1 aromatic carbocycles. The number of ether oxygens (including phenoxy) is 1. The molecule has 1 aromatic rings. The van der Waals surface area contributed by atoms with E-state index in [1.807, 2.05) is 12.1 Å². The first-order valence-electron chi connectivity index (χ1n) is 3.40. The van der Waals surface area contributed by atoms with Gasteiger partial charge in [-0.25, -0.2) is 0 Å². The highest BCUT2D eigenvalue weighted by Gasteiger charge is 1.99. The molecule has 0 saturated carbocycles. The molecule has 0 aliphatic rings. The zero-order valence-corrected chi connectivity index (χ0v) is 7.64. The first kappa shape index (κ1) is 8.90. The molecular formula is C9H9O2P. The molecule has 0 aliphatic carbocycles. The molecule has 0 heterocycles. The summed E-state index contributed by atoms with van der Waals surface area (Å²) in [5.41, 5.74) is 0. The van der Waals surface area contributed by atoms with Gasteiger partial charge < -0.3 is 9.26 Å². The summed E-state index contributed by atoms with van der Waals surface area (Å²) in [6, 6.07) is 7.33. The molecule has 12 heavy (non-hydrogen) atoms. The topological polar surface area (TPSA) is 18.5 Å². The number of benzene rings is 1. The summed E-state index contributed by atoms with van der Waals surface area (Å²) in [5.74, 6) is 3.71. The van der Waals surface area contributed by atoms with Crippen LogP contribution in [0.5, 0.6) is 11.5 Å². The van der Waals surface area contributed by atoms with Crippen molar-refractivity contribution in [2.24, 2.45) is 0 Å². The lowest BCUT2D eigenvalue weighted by atomic mass is 10.3. The third-order valence-electron chi connectivity index (χ3n) is 1.29. The molecule has 0 fully saturated rings. The fraction of sp³-hybridized carbons (Fsp3) is 0.111. The number of hydrogen-bond acceptors (Lipinski definition) is 2. The fourth-order valence-electron chi connectivity index (χ4n) is 0.786. The third kappa shape index (κ3) is 2.15. The van der Waals surface area contributed by atoms with E-state index in [-0.39, 0.29) is 6.61 Å². The van der Waals surface area contributed by atoms with Crippen LogP contribution in [-0.4, -0.2) is 6.61 Å². The molecule has 1 unspecified atom stereocenters. The lowest BCUT2D eigenvalue weighted by Gasteiger charge is -2.06. The Bertz CT molecular complexity index is 291. The van der Waals surface area contributed by atoms with Gasteiger partial charge in [-0.15, -0.1) is 6.42 Å². The minimum Gasteiger partial charge on any atom is -0.477 e. The Morgan fingerprint density at radius 3 is 2.58 bits per heavy atom. The van der Waals surface area contributed by atoms with Crippen LogP contribution in [0.4, 0.5) is 0 Å². The van der Waals surface area contributed by atoms with Gasteiger partial charge in [-0.1, -0.05) is 18.1 Å². The van der Waals surface area contributed by atoms with Crippen LogP contribution in [0.3, 0.4) is 0 Å². The Labute approximate surface area is 74.2 Å². The van der Waals surface area contributed by atoms with Gasteiger partial charge in [0.25, 0.3) is 0 Å². The molecule has 0 aromatic heterocycles. The quantitative estimate of drug-likeness (QED) is 0.522. The van der Waals surface area contributed by atoms with Crippen LogP contribution < -0.4 is 9.26 Å². The Morgan fingerprint density at radius 1 is 1.33 bits per heavy atom. The van der Waals surface area contributed by atoms with E-state index in [9.17, 15) is 0 Å². The third-order valence-corrected chi connectivity index (χ3v) is 1.54. The standard InChI is InChI=1S/C9H9O2P/c1-2-7-10-8-5-3-4-6-9(8)11-12/h1,3-6H,7,12H2. The Balaban J connectivity index is 2.76. The fourth-order valence-corrected chi connectivity index (χ4v) is 0.981. The SMILES string of the molecule is C#CCOc1ccccc1OP. The van der Waals surface area contributed by atoms with Gasteiger partial charge >= 0.3 is 0 Å². The van der Waals surface area contributed by atoms with Crippen molar-refractivity contribution in [3.05, 3.63) is 24.3 Å². The molecule has 0 N–H and O–H groups in total. The van der Waals surface area contributed by atoms with Crippen LogP contribution in [0.15, 0.2) is 24.3 Å². The van der Waals surface area contributed by atoms with Gasteiger partial charge in [-0.05, 0) is 12.1 Å². The van der Waals surface area contributed by atoms with Crippen LogP contribution >= 0.6 is 9.47 Å². The van der Waals surface area contributed by atoms with Crippen molar-refractivity contribution in [1.29, 1.82) is 0 Å². The molecule has 1 atom stereocenters. The van der Waals surface area contributed by atoms with Gasteiger partial charge in [0, 0.05) is 0 Å². The predicted molar refractivity (Wildman–Crippen MR) is 51.1 cm³/mol. The van der Waals surface area contributed by atoms with Gasteiger partial charge in [-0.2, -0.15) is 0 Å². The van der Waals surface area contributed by atoms with Crippen LogP contribution in [0.25, 0.3) is 0 Å². The number of rotatable bonds is 3. The summed E-state index contributed by atoms with van der Waals surface area (Å²) in [7, 11) is 2.16. The molecule has 0 saturated heterocycles. The Hall–Kier alpha value is -1.19. The zero-order valence-electron chi connectivity index (χ0n) is 6.49. The number of terminal acetylenes is 1. The van der Waals surface area contributed by atoms with Crippen molar-refractivity contribution in [3.63, 3.8) is 0 Å². The van der Waals surface area contributed by atoms with Crippen LogP contribution in [0.2, 0.25) is 0 Å². The Morgan fingerprint density at radius 2 is 2.00 bits per heavy atom. The van der Waals surface area contributed by atoms with Crippen molar-refractivity contribution in [1.82, 2.24) is 0 Å². The van der Waals surface area contributed by atoms with E-state index < -0.39 is 0 Å². The summed E-state index contributed by atoms with van der Waals surface area (Å²) < 4.78 is 10.2. The summed E-state index contributed by atoms with van der Waals surface area (Å²) in [5, 5.41) is 0. The van der Waals surface area contributed by atoms with Gasteiger partial charge in [0.15, 0.2) is 11.5 Å². The summed E-state index contributed by atoms with van der Waals surface area (Å²) in [4.78, 5) is 0. The highest BCUT2D eigenvalue weighted by molar-refractivity contribution is 7.10. The molecule has 0 amide bonds.